The van der Waals surface area contributed by atoms with Crippen molar-refractivity contribution in [2.75, 3.05) is 13.7 Å². The van der Waals surface area contributed by atoms with Gasteiger partial charge in [0.2, 0.25) is 5.76 Å². The number of benzene rings is 2. The highest BCUT2D eigenvalue weighted by Crippen LogP contribution is 2.24. The van der Waals surface area contributed by atoms with Crippen molar-refractivity contribution >= 4 is 23.5 Å². The molecule has 0 fully saturated rings. The lowest BCUT2D eigenvalue weighted by atomic mass is 9.94. The Kier molecular flexibility index (Phi) is 7.86. The maximum atomic E-state index is 12.5. The molecule has 1 amide bonds. The molecule has 3 N–H and O–H groups in total. The summed E-state index contributed by atoms with van der Waals surface area (Å²) in [5.41, 5.74) is 2.32. The number of carbonyl (C=O) groups excluding carboxylic acids is 1. The van der Waals surface area contributed by atoms with E-state index in [9.17, 15) is 19.5 Å². The number of H-pyrrole nitrogens is 1. The number of aromatic nitrogens is 1. The number of carboxylic acids is 1. The van der Waals surface area contributed by atoms with E-state index in [0.29, 0.717) is 11.4 Å². The zero-order valence-electron chi connectivity index (χ0n) is 17.3. The molecular weight excluding hydrogens is 436 g/mol. The van der Waals surface area contributed by atoms with E-state index < -0.39 is 29.4 Å². The van der Waals surface area contributed by atoms with E-state index in [-0.39, 0.29) is 18.8 Å². The molecule has 3 rings (SSSR count). The molecular formula is C23H23ClN2O6. The monoisotopic (exact) mass is 458 g/mol. The minimum absolute atomic E-state index is 0.00858. The SMILES string of the molecule is COC[C@H](C[C@@H](Cc1ccc(-c2cccc(Cl)c2)cc1)NC(=O)c1cc(=O)[nH]o1)C(=O)O. The molecule has 0 saturated carbocycles. The van der Waals surface area contributed by atoms with Gasteiger partial charge in [-0.25, -0.2) is 0 Å². The topological polar surface area (TPSA) is 122 Å². The van der Waals surface area contributed by atoms with Crippen molar-refractivity contribution in [3.63, 3.8) is 0 Å². The van der Waals surface area contributed by atoms with Crippen LogP contribution in [-0.2, 0) is 16.0 Å². The zero-order valence-corrected chi connectivity index (χ0v) is 18.1. The van der Waals surface area contributed by atoms with Crippen LogP contribution in [0.1, 0.15) is 22.5 Å². The Morgan fingerprint density at radius 3 is 2.50 bits per heavy atom. The van der Waals surface area contributed by atoms with Gasteiger partial charge in [0.1, 0.15) is 0 Å². The minimum Gasteiger partial charge on any atom is -0.481 e. The Morgan fingerprint density at radius 1 is 1.16 bits per heavy atom. The van der Waals surface area contributed by atoms with Gasteiger partial charge in [0.15, 0.2) is 0 Å². The fourth-order valence-electron chi connectivity index (χ4n) is 3.42. The predicted molar refractivity (Wildman–Crippen MR) is 119 cm³/mol. The van der Waals surface area contributed by atoms with Crippen LogP contribution in [0.4, 0.5) is 0 Å². The number of amides is 1. The molecule has 0 unspecified atom stereocenters. The van der Waals surface area contributed by atoms with Gasteiger partial charge in [-0.2, -0.15) is 5.16 Å². The summed E-state index contributed by atoms with van der Waals surface area (Å²) in [4.78, 5) is 35.3. The number of aromatic amines is 1. The number of aliphatic carboxylic acids is 1. The molecule has 1 aromatic heterocycles. The van der Waals surface area contributed by atoms with Crippen molar-refractivity contribution in [3.05, 3.63) is 81.3 Å². The average molecular weight is 459 g/mol. The van der Waals surface area contributed by atoms with E-state index in [1.807, 2.05) is 42.5 Å². The molecule has 2 aromatic carbocycles. The molecule has 1 heterocycles. The molecule has 0 bridgehead atoms. The number of methoxy groups -OCH3 is 1. The molecule has 3 aromatic rings. The van der Waals surface area contributed by atoms with Crippen molar-refractivity contribution in [2.24, 2.45) is 5.92 Å². The third-order valence-corrected chi connectivity index (χ3v) is 5.20. The summed E-state index contributed by atoms with van der Waals surface area (Å²) in [5, 5.41) is 15.0. The first-order valence-corrected chi connectivity index (χ1v) is 10.3. The molecule has 0 radical (unpaired) electrons. The summed E-state index contributed by atoms with van der Waals surface area (Å²) in [6, 6.07) is 15.7. The smallest absolute Gasteiger partial charge is 0.308 e. The molecule has 8 nitrogen and oxygen atoms in total. The fourth-order valence-corrected chi connectivity index (χ4v) is 3.61. The third-order valence-electron chi connectivity index (χ3n) is 4.96. The number of carbonyl (C=O) groups is 2. The minimum atomic E-state index is -1.02. The normalized spacial score (nSPS) is 12.8. The molecule has 2 atom stereocenters. The first kappa shape index (κ1) is 23.3. The van der Waals surface area contributed by atoms with Crippen LogP contribution in [0.25, 0.3) is 11.1 Å². The number of carboxylic acid groups (broad SMARTS) is 1. The Morgan fingerprint density at radius 2 is 1.91 bits per heavy atom. The van der Waals surface area contributed by atoms with Gasteiger partial charge in [0, 0.05) is 18.2 Å². The maximum absolute atomic E-state index is 12.5. The van der Waals surface area contributed by atoms with Gasteiger partial charge in [0.25, 0.3) is 11.5 Å². The molecule has 0 aliphatic carbocycles. The largest absolute Gasteiger partial charge is 0.481 e. The summed E-state index contributed by atoms with van der Waals surface area (Å²) in [5.74, 6) is -2.61. The Labute approximate surface area is 189 Å². The summed E-state index contributed by atoms with van der Waals surface area (Å²) in [6.07, 6.45) is 0.517. The van der Waals surface area contributed by atoms with E-state index in [4.69, 9.17) is 20.9 Å². The van der Waals surface area contributed by atoms with Crippen LogP contribution in [0.2, 0.25) is 5.02 Å². The highest BCUT2D eigenvalue weighted by atomic mass is 35.5. The van der Waals surface area contributed by atoms with Crippen LogP contribution < -0.4 is 10.9 Å². The second kappa shape index (κ2) is 10.8. The fraction of sp³-hybridized carbons (Fsp3) is 0.261. The Hall–Kier alpha value is -3.36. The first-order valence-electron chi connectivity index (χ1n) is 9.91. The second-order valence-corrected chi connectivity index (χ2v) is 7.82. The van der Waals surface area contributed by atoms with E-state index in [1.165, 1.54) is 7.11 Å². The second-order valence-electron chi connectivity index (χ2n) is 7.38. The van der Waals surface area contributed by atoms with Gasteiger partial charge in [0.05, 0.1) is 18.6 Å². The summed E-state index contributed by atoms with van der Waals surface area (Å²) >= 11 is 6.07. The van der Waals surface area contributed by atoms with E-state index in [2.05, 4.69) is 10.5 Å². The van der Waals surface area contributed by atoms with Crippen molar-refractivity contribution in [3.8, 4) is 11.1 Å². The number of hydrogen-bond acceptors (Lipinski definition) is 5. The maximum Gasteiger partial charge on any atom is 0.308 e. The number of hydrogen-bond donors (Lipinski definition) is 3. The quantitative estimate of drug-likeness (QED) is 0.428. The van der Waals surface area contributed by atoms with E-state index in [0.717, 1.165) is 22.8 Å². The highest BCUT2D eigenvalue weighted by molar-refractivity contribution is 6.30. The average Bonchev–Trinajstić information content (AvgIpc) is 3.20. The Bertz CT molecular complexity index is 1120. The van der Waals surface area contributed by atoms with Crippen LogP contribution in [0.15, 0.2) is 63.9 Å². The Balaban J connectivity index is 1.78. The van der Waals surface area contributed by atoms with Crippen LogP contribution in [0.3, 0.4) is 0 Å². The predicted octanol–water partition coefficient (Wildman–Crippen LogP) is 3.37. The van der Waals surface area contributed by atoms with Crippen LogP contribution in [-0.4, -0.2) is 41.9 Å². The lowest BCUT2D eigenvalue weighted by molar-refractivity contribution is -0.144. The zero-order chi connectivity index (χ0) is 23.1. The van der Waals surface area contributed by atoms with Crippen molar-refractivity contribution in [1.29, 1.82) is 0 Å². The molecule has 9 heteroatoms. The number of nitrogens with one attached hydrogen (secondary N) is 2. The molecule has 0 saturated heterocycles. The van der Waals surface area contributed by atoms with Gasteiger partial charge in [-0.3, -0.25) is 14.4 Å². The standard InChI is InChI=1S/C23H23ClN2O6/c1-31-13-17(23(29)30)11-19(25-22(28)20-12-21(27)26-32-20)9-14-5-7-15(8-6-14)16-3-2-4-18(24)10-16/h2-8,10,12,17,19H,9,11,13H2,1H3,(H,25,28)(H,26,27)(H,29,30)/t17-,19+/m0/s1. The van der Waals surface area contributed by atoms with E-state index in [1.54, 1.807) is 6.07 Å². The lowest BCUT2D eigenvalue weighted by Crippen LogP contribution is -2.39. The third kappa shape index (κ3) is 6.32. The van der Waals surface area contributed by atoms with Crippen molar-refractivity contribution in [1.82, 2.24) is 10.5 Å². The summed E-state index contributed by atoms with van der Waals surface area (Å²) < 4.78 is 9.86. The lowest BCUT2D eigenvalue weighted by Gasteiger charge is -2.22. The summed E-state index contributed by atoms with van der Waals surface area (Å²) in [6.45, 7) is 0.00858. The van der Waals surface area contributed by atoms with Crippen molar-refractivity contribution in [2.45, 2.75) is 18.9 Å². The van der Waals surface area contributed by atoms with Crippen LogP contribution in [0, 0.1) is 5.92 Å². The summed E-state index contributed by atoms with van der Waals surface area (Å²) in [7, 11) is 1.42. The number of ether oxygens (including phenoxy) is 1. The first-order chi connectivity index (χ1) is 15.4. The molecule has 0 spiro atoms. The van der Waals surface area contributed by atoms with Gasteiger partial charge in [-0.1, -0.05) is 48.0 Å². The van der Waals surface area contributed by atoms with Gasteiger partial charge in [-0.15, -0.1) is 0 Å². The van der Waals surface area contributed by atoms with Crippen LogP contribution >= 0.6 is 11.6 Å². The van der Waals surface area contributed by atoms with E-state index >= 15 is 0 Å². The number of rotatable bonds is 10. The molecule has 0 aliphatic heterocycles. The van der Waals surface area contributed by atoms with Gasteiger partial charge < -0.3 is 19.7 Å². The molecule has 168 valence electrons. The van der Waals surface area contributed by atoms with Gasteiger partial charge >= 0.3 is 5.97 Å². The van der Waals surface area contributed by atoms with Gasteiger partial charge in [-0.05, 0) is 41.7 Å². The number of halogens is 1. The highest BCUT2D eigenvalue weighted by Gasteiger charge is 2.25. The van der Waals surface area contributed by atoms with Crippen LogP contribution in [0.5, 0.6) is 0 Å². The molecule has 32 heavy (non-hydrogen) atoms. The van der Waals surface area contributed by atoms with Crippen molar-refractivity contribution < 1.29 is 24.0 Å². The molecule has 0 aliphatic rings.